The number of ether oxygens (including phenoxy) is 1. The lowest BCUT2D eigenvalue weighted by Gasteiger charge is -2.10. The molecule has 0 heterocycles. The van der Waals surface area contributed by atoms with Crippen molar-refractivity contribution in [2.24, 2.45) is 11.8 Å². The zero-order valence-electron chi connectivity index (χ0n) is 13.9. The van der Waals surface area contributed by atoms with E-state index in [4.69, 9.17) is 4.74 Å². The SMILES string of the molecule is CCOc1ccc([C@@H]2C[C@H]2NC(=O)[C@H]2C[C@H]2C(=O)N(C)C)cc1. The lowest BCUT2D eigenvalue weighted by Crippen LogP contribution is -2.31. The summed E-state index contributed by atoms with van der Waals surface area (Å²) in [4.78, 5) is 25.6. The van der Waals surface area contributed by atoms with E-state index in [1.165, 1.54) is 5.56 Å². The number of nitrogens with one attached hydrogen (secondary N) is 1. The fourth-order valence-electron chi connectivity index (χ4n) is 3.08. The third-order valence-corrected chi connectivity index (χ3v) is 4.62. The largest absolute Gasteiger partial charge is 0.494 e. The van der Waals surface area contributed by atoms with Crippen LogP contribution >= 0.6 is 0 Å². The quantitative estimate of drug-likeness (QED) is 0.870. The lowest BCUT2D eigenvalue weighted by molar-refractivity contribution is -0.132. The zero-order chi connectivity index (χ0) is 16.6. The van der Waals surface area contributed by atoms with Crippen LogP contribution in [-0.2, 0) is 9.59 Å². The molecule has 2 aliphatic carbocycles. The number of amides is 2. The molecule has 23 heavy (non-hydrogen) atoms. The van der Waals surface area contributed by atoms with Crippen LogP contribution in [0.4, 0.5) is 0 Å². The van der Waals surface area contributed by atoms with Crippen LogP contribution in [0.3, 0.4) is 0 Å². The zero-order valence-corrected chi connectivity index (χ0v) is 13.9. The van der Waals surface area contributed by atoms with Gasteiger partial charge in [0.15, 0.2) is 0 Å². The lowest BCUT2D eigenvalue weighted by atomic mass is 10.1. The molecular formula is C18H24N2O3. The Bertz CT molecular complexity index is 597. The van der Waals surface area contributed by atoms with Gasteiger partial charge in [-0.05, 0) is 37.5 Å². The molecule has 0 aromatic heterocycles. The highest BCUT2D eigenvalue weighted by atomic mass is 16.5. The summed E-state index contributed by atoms with van der Waals surface area (Å²) in [5, 5.41) is 3.09. The van der Waals surface area contributed by atoms with Gasteiger partial charge in [-0.1, -0.05) is 12.1 Å². The predicted octanol–water partition coefficient (Wildman–Crippen LogP) is 1.78. The maximum Gasteiger partial charge on any atom is 0.225 e. The molecule has 4 atom stereocenters. The summed E-state index contributed by atoms with van der Waals surface area (Å²) in [6.07, 6.45) is 1.65. The Labute approximate surface area is 137 Å². The molecule has 0 saturated heterocycles. The Morgan fingerprint density at radius 3 is 2.48 bits per heavy atom. The van der Waals surface area contributed by atoms with Gasteiger partial charge in [0, 0.05) is 26.1 Å². The summed E-state index contributed by atoms with van der Waals surface area (Å²) in [5.74, 6) is 1.10. The van der Waals surface area contributed by atoms with E-state index in [1.807, 2.05) is 19.1 Å². The van der Waals surface area contributed by atoms with Crippen molar-refractivity contribution in [3.05, 3.63) is 29.8 Å². The van der Waals surface area contributed by atoms with Crippen LogP contribution in [0.1, 0.15) is 31.2 Å². The first-order valence-corrected chi connectivity index (χ1v) is 8.25. The number of benzene rings is 1. The second-order valence-electron chi connectivity index (χ2n) is 6.64. The van der Waals surface area contributed by atoms with Gasteiger partial charge in [0.2, 0.25) is 11.8 Å². The Morgan fingerprint density at radius 2 is 1.87 bits per heavy atom. The molecular weight excluding hydrogens is 292 g/mol. The summed E-state index contributed by atoms with van der Waals surface area (Å²) in [6.45, 7) is 2.63. The first kappa shape index (κ1) is 15.8. The molecule has 1 aromatic carbocycles. The second kappa shape index (κ2) is 6.22. The van der Waals surface area contributed by atoms with E-state index in [-0.39, 0.29) is 29.7 Å². The number of hydrogen-bond donors (Lipinski definition) is 1. The molecule has 3 rings (SSSR count). The minimum Gasteiger partial charge on any atom is -0.494 e. The minimum atomic E-state index is -0.133. The third-order valence-electron chi connectivity index (χ3n) is 4.62. The molecule has 2 fully saturated rings. The van der Waals surface area contributed by atoms with Crippen LogP contribution < -0.4 is 10.1 Å². The van der Waals surface area contributed by atoms with Gasteiger partial charge in [-0.15, -0.1) is 0 Å². The fraction of sp³-hybridized carbons (Fsp3) is 0.556. The van der Waals surface area contributed by atoms with E-state index in [2.05, 4.69) is 17.4 Å². The van der Waals surface area contributed by atoms with Gasteiger partial charge in [0.25, 0.3) is 0 Å². The van der Waals surface area contributed by atoms with Crippen molar-refractivity contribution in [1.82, 2.24) is 10.2 Å². The van der Waals surface area contributed by atoms with Gasteiger partial charge in [-0.3, -0.25) is 9.59 Å². The maximum absolute atomic E-state index is 12.2. The third kappa shape index (κ3) is 3.49. The van der Waals surface area contributed by atoms with Crippen LogP contribution in [-0.4, -0.2) is 43.5 Å². The Hall–Kier alpha value is -2.04. The summed E-state index contributed by atoms with van der Waals surface area (Å²) in [6, 6.07) is 8.29. The van der Waals surface area contributed by atoms with Crippen molar-refractivity contribution >= 4 is 11.8 Å². The van der Waals surface area contributed by atoms with Crippen LogP contribution in [0.25, 0.3) is 0 Å². The molecule has 0 bridgehead atoms. The molecule has 1 aromatic rings. The number of carbonyl (C=O) groups excluding carboxylic acids is 2. The first-order chi connectivity index (χ1) is 11.0. The van der Waals surface area contributed by atoms with Gasteiger partial charge < -0.3 is 15.0 Å². The van der Waals surface area contributed by atoms with Crippen LogP contribution in [0.15, 0.2) is 24.3 Å². The molecule has 2 aliphatic rings. The molecule has 5 nitrogen and oxygen atoms in total. The average molecular weight is 316 g/mol. The maximum atomic E-state index is 12.2. The molecule has 0 unspecified atom stereocenters. The van der Waals surface area contributed by atoms with Crippen molar-refractivity contribution in [1.29, 1.82) is 0 Å². The van der Waals surface area contributed by atoms with E-state index in [0.29, 0.717) is 18.9 Å². The Balaban J connectivity index is 1.48. The van der Waals surface area contributed by atoms with Crippen molar-refractivity contribution in [3.63, 3.8) is 0 Å². The highest BCUT2D eigenvalue weighted by molar-refractivity contribution is 5.92. The Kier molecular flexibility index (Phi) is 4.28. The van der Waals surface area contributed by atoms with Gasteiger partial charge in [-0.2, -0.15) is 0 Å². The standard InChI is InChI=1S/C18H24N2O3/c1-4-23-12-7-5-11(6-8-12)13-10-16(13)19-17(21)14-9-15(14)18(22)20(2)3/h5-8,13-16H,4,9-10H2,1-3H3,(H,19,21)/t13-,14-,15+,16+/m0/s1. The first-order valence-electron chi connectivity index (χ1n) is 8.25. The minimum absolute atomic E-state index is 0.0311. The van der Waals surface area contributed by atoms with Crippen LogP contribution in [0.2, 0.25) is 0 Å². The van der Waals surface area contributed by atoms with Gasteiger partial charge in [-0.25, -0.2) is 0 Å². The molecule has 2 saturated carbocycles. The van der Waals surface area contributed by atoms with E-state index < -0.39 is 0 Å². The van der Waals surface area contributed by atoms with Crippen molar-refractivity contribution < 1.29 is 14.3 Å². The topological polar surface area (TPSA) is 58.6 Å². The summed E-state index contributed by atoms with van der Waals surface area (Å²) >= 11 is 0. The molecule has 2 amide bonds. The highest BCUT2D eigenvalue weighted by Crippen LogP contribution is 2.44. The fourth-order valence-corrected chi connectivity index (χ4v) is 3.08. The highest BCUT2D eigenvalue weighted by Gasteiger charge is 2.50. The smallest absolute Gasteiger partial charge is 0.225 e. The van der Waals surface area contributed by atoms with Crippen molar-refractivity contribution in [3.8, 4) is 5.75 Å². The molecule has 5 heteroatoms. The predicted molar refractivity (Wildman–Crippen MR) is 87.2 cm³/mol. The summed E-state index contributed by atoms with van der Waals surface area (Å²) < 4.78 is 5.44. The molecule has 124 valence electrons. The summed E-state index contributed by atoms with van der Waals surface area (Å²) in [7, 11) is 3.47. The van der Waals surface area contributed by atoms with Gasteiger partial charge in [0.05, 0.1) is 18.4 Å². The molecule has 1 N–H and O–H groups in total. The molecule has 0 radical (unpaired) electrons. The normalized spacial score (nSPS) is 28.0. The van der Waals surface area contributed by atoms with E-state index in [9.17, 15) is 9.59 Å². The summed E-state index contributed by atoms with van der Waals surface area (Å²) in [5.41, 5.74) is 1.23. The number of hydrogen-bond acceptors (Lipinski definition) is 3. The number of rotatable bonds is 6. The molecule has 0 spiro atoms. The van der Waals surface area contributed by atoms with E-state index >= 15 is 0 Å². The van der Waals surface area contributed by atoms with E-state index in [0.717, 1.165) is 12.2 Å². The van der Waals surface area contributed by atoms with Gasteiger partial charge in [0.1, 0.15) is 5.75 Å². The van der Waals surface area contributed by atoms with Crippen LogP contribution in [0.5, 0.6) is 5.75 Å². The average Bonchev–Trinajstić information content (AvgIpc) is 3.42. The molecule has 0 aliphatic heterocycles. The van der Waals surface area contributed by atoms with E-state index in [1.54, 1.807) is 19.0 Å². The monoisotopic (exact) mass is 316 g/mol. The van der Waals surface area contributed by atoms with Crippen LogP contribution in [0, 0.1) is 11.8 Å². The number of nitrogens with zero attached hydrogens (tertiary/aromatic N) is 1. The van der Waals surface area contributed by atoms with Gasteiger partial charge >= 0.3 is 0 Å². The Morgan fingerprint density at radius 1 is 1.17 bits per heavy atom. The number of carbonyl (C=O) groups is 2. The second-order valence-corrected chi connectivity index (χ2v) is 6.64. The van der Waals surface area contributed by atoms with Crippen molar-refractivity contribution in [2.75, 3.05) is 20.7 Å². The van der Waals surface area contributed by atoms with Crippen molar-refractivity contribution in [2.45, 2.75) is 31.7 Å².